The van der Waals surface area contributed by atoms with E-state index in [0.717, 1.165) is 6.26 Å². The lowest BCUT2D eigenvalue weighted by atomic mass is 10.2. The molecule has 0 radical (unpaired) electrons. The highest BCUT2D eigenvalue weighted by Crippen LogP contribution is 2.27. The van der Waals surface area contributed by atoms with Crippen LogP contribution in [0.5, 0.6) is 0 Å². The Hall–Kier alpha value is -1.53. The molecule has 1 heterocycles. The topological polar surface area (TPSA) is 86.2 Å². The van der Waals surface area contributed by atoms with Crippen LogP contribution in [0.1, 0.15) is 0 Å². The predicted octanol–water partition coefficient (Wildman–Crippen LogP) is 1.98. The van der Waals surface area contributed by atoms with Gasteiger partial charge in [0, 0.05) is 22.9 Å². The highest BCUT2D eigenvalue weighted by atomic mass is 35.5. The zero-order chi connectivity index (χ0) is 12.6. The van der Waals surface area contributed by atoms with Crippen LogP contribution in [-0.2, 0) is 9.84 Å². The van der Waals surface area contributed by atoms with Crippen molar-refractivity contribution in [2.24, 2.45) is 0 Å². The van der Waals surface area contributed by atoms with Gasteiger partial charge in [0.05, 0.1) is 4.90 Å². The van der Waals surface area contributed by atoms with E-state index in [1.807, 2.05) is 0 Å². The summed E-state index contributed by atoms with van der Waals surface area (Å²) < 4.78 is 27.8. The van der Waals surface area contributed by atoms with Crippen molar-refractivity contribution in [3.63, 3.8) is 0 Å². The Labute approximate surface area is 103 Å². The van der Waals surface area contributed by atoms with Gasteiger partial charge < -0.3 is 10.3 Å². The van der Waals surface area contributed by atoms with E-state index in [0.29, 0.717) is 16.3 Å². The first-order valence-corrected chi connectivity index (χ1v) is 6.86. The van der Waals surface area contributed by atoms with Gasteiger partial charge in [0.1, 0.15) is 0 Å². The fourth-order valence-electron chi connectivity index (χ4n) is 1.34. The van der Waals surface area contributed by atoms with Crippen LogP contribution in [0.15, 0.2) is 33.7 Å². The number of nitrogens with zero attached hydrogens (tertiary/aromatic N) is 1. The number of hydrogen-bond donors (Lipinski definition) is 1. The van der Waals surface area contributed by atoms with Gasteiger partial charge in [0.25, 0.3) is 0 Å². The molecule has 0 saturated heterocycles. The second-order valence-electron chi connectivity index (χ2n) is 3.56. The Morgan fingerprint density at radius 1 is 1.29 bits per heavy atom. The molecule has 2 aromatic rings. The number of anilines is 1. The fourth-order valence-corrected chi connectivity index (χ4v) is 2.33. The fraction of sp³-hybridized carbons (Fsp3) is 0.100. The van der Waals surface area contributed by atoms with Crippen molar-refractivity contribution >= 4 is 27.3 Å². The maximum absolute atomic E-state index is 11.4. The maximum atomic E-state index is 11.4. The van der Waals surface area contributed by atoms with Gasteiger partial charge in [0.2, 0.25) is 0 Å². The molecule has 1 aromatic carbocycles. The molecule has 7 heteroatoms. The molecular formula is C10H9ClN2O3S. The lowest BCUT2D eigenvalue weighted by molar-refractivity contribution is 0.435. The van der Waals surface area contributed by atoms with E-state index < -0.39 is 9.84 Å². The van der Waals surface area contributed by atoms with Crippen molar-refractivity contribution in [3.05, 3.63) is 29.3 Å². The smallest absolute Gasteiger partial charge is 0.175 e. The van der Waals surface area contributed by atoms with Crippen molar-refractivity contribution in [2.45, 2.75) is 4.90 Å². The zero-order valence-corrected chi connectivity index (χ0v) is 10.4. The lowest BCUT2D eigenvalue weighted by Gasteiger charge is -2.02. The summed E-state index contributed by atoms with van der Waals surface area (Å²) >= 11 is 5.85. The number of nitrogen functional groups attached to an aromatic ring is 1. The summed E-state index contributed by atoms with van der Waals surface area (Å²) in [6, 6.07) is 5.91. The third kappa shape index (κ3) is 2.59. The summed E-state index contributed by atoms with van der Waals surface area (Å²) in [5.41, 5.74) is 5.94. The van der Waals surface area contributed by atoms with Crippen molar-refractivity contribution < 1.29 is 12.9 Å². The second kappa shape index (κ2) is 4.05. The SMILES string of the molecule is CS(=O)(=O)c1cc(Cl)cc(-c2cc(N)no2)c1. The Morgan fingerprint density at radius 2 is 2.00 bits per heavy atom. The maximum Gasteiger partial charge on any atom is 0.175 e. The van der Waals surface area contributed by atoms with Gasteiger partial charge in [-0.25, -0.2) is 8.42 Å². The normalized spacial score (nSPS) is 11.6. The molecule has 1 aromatic heterocycles. The van der Waals surface area contributed by atoms with E-state index in [1.54, 1.807) is 6.07 Å². The molecule has 0 amide bonds. The molecule has 0 spiro atoms. The molecule has 0 atom stereocenters. The number of nitrogens with two attached hydrogens (primary N) is 1. The number of benzene rings is 1. The van der Waals surface area contributed by atoms with Crippen LogP contribution in [0.3, 0.4) is 0 Å². The van der Waals surface area contributed by atoms with Crippen molar-refractivity contribution in [3.8, 4) is 11.3 Å². The first-order valence-electron chi connectivity index (χ1n) is 4.59. The van der Waals surface area contributed by atoms with Crippen molar-refractivity contribution in [2.75, 3.05) is 12.0 Å². The third-order valence-electron chi connectivity index (χ3n) is 2.11. The predicted molar refractivity (Wildman–Crippen MR) is 64.5 cm³/mol. The molecule has 0 bridgehead atoms. The van der Waals surface area contributed by atoms with Crippen LogP contribution < -0.4 is 5.73 Å². The summed E-state index contributed by atoms with van der Waals surface area (Å²) in [6.07, 6.45) is 1.11. The molecular weight excluding hydrogens is 264 g/mol. The number of sulfone groups is 1. The number of aromatic nitrogens is 1. The zero-order valence-electron chi connectivity index (χ0n) is 8.84. The molecule has 2 N–H and O–H groups in total. The van der Waals surface area contributed by atoms with E-state index >= 15 is 0 Å². The summed E-state index contributed by atoms with van der Waals surface area (Å²) in [4.78, 5) is 0.120. The lowest BCUT2D eigenvalue weighted by Crippen LogP contribution is -1.97. The Morgan fingerprint density at radius 3 is 2.53 bits per heavy atom. The highest BCUT2D eigenvalue weighted by Gasteiger charge is 2.13. The molecule has 0 unspecified atom stereocenters. The minimum Gasteiger partial charge on any atom is -0.381 e. The monoisotopic (exact) mass is 272 g/mol. The van der Waals surface area contributed by atoms with Gasteiger partial charge in [-0.05, 0) is 18.2 Å². The molecule has 0 fully saturated rings. The van der Waals surface area contributed by atoms with Crippen molar-refractivity contribution in [1.29, 1.82) is 0 Å². The second-order valence-corrected chi connectivity index (χ2v) is 6.02. The van der Waals surface area contributed by atoms with Gasteiger partial charge >= 0.3 is 0 Å². The average Bonchev–Trinajstić information content (AvgIpc) is 2.62. The summed E-state index contributed by atoms with van der Waals surface area (Å²) in [7, 11) is -3.33. The van der Waals surface area contributed by atoms with Crippen LogP contribution in [0.2, 0.25) is 5.02 Å². The largest absolute Gasteiger partial charge is 0.381 e. The molecule has 0 aliphatic carbocycles. The van der Waals surface area contributed by atoms with E-state index in [-0.39, 0.29) is 10.7 Å². The molecule has 0 aliphatic heterocycles. The Kier molecular flexibility index (Phi) is 2.84. The van der Waals surface area contributed by atoms with E-state index in [1.165, 1.54) is 18.2 Å². The number of halogens is 1. The van der Waals surface area contributed by atoms with Gasteiger partial charge in [-0.15, -0.1) is 0 Å². The molecule has 17 heavy (non-hydrogen) atoms. The van der Waals surface area contributed by atoms with Gasteiger partial charge in [-0.1, -0.05) is 16.8 Å². The minimum atomic E-state index is -3.33. The quantitative estimate of drug-likeness (QED) is 0.903. The molecule has 2 rings (SSSR count). The first kappa shape index (κ1) is 11.9. The summed E-state index contributed by atoms with van der Waals surface area (Å²) in [6.45, 7) is 0. The number of hydrogen-bond acceptors (Lipinski definition) is 5. The van der Waals surface area contributed by atoms with Crippen LogP contribution in [0, 0.1) is 0 Å². The summed E-state index contributed by atoms with van der Waals surface area (Å²) in [5.74, 6) is 0.593. The summed E-state index contributed by atoms with van der Waals surface area (Å²) in [5, 5.41) is 3.83. The van der Waals surface area contributed by atoms with Gasteiger partial charge in [0.15, 0.2) is 21.4 Å². The minimum absolute atomic E-state index is 0.120. The Balaban J connectivity index is 2.60. The highest BCUT2D eigenvalue weighted by molar-refractivity contribution is 7.90. The Bertz CT molecular complexity index is 664. The van der Waals surface area contributed by atoms with E-state index in [4.69, 9.17) is 21.9 Å². The number of rotatable bonds is 2. The average molecular weight is 273 g/mol. The van der Waals surface area contributed by atoms with Crippen molar-refractivity contribution in [1.82, 2.24) is 5.16 Å². The van der Waals surface area contributed by atoms with Crippen LogP contribution >= 0.6 is 11.6 Å². The van der Waals surface area contributed by atoms with Crippen LogP contribution in [0.4, 0.5) is 5.82 Å². The van der Waals surface area contributed by atoms with Crippen LogP contribution in [0.25, 0.3) is 11.3 Å². The van der Waals surface area contributed by atoms with E-state index in [2.05, 4.69) is 5.16 Å². The van der Waals surface area contributed by atoms with Gasteiger partial charge in [-0.2, -0.15) is 0 Å². The molecule has 5 nitrogen and oxygen atoms in total. The molecule has 0 aliphatic rings. The standard InChI is InChI=1S/C10H9ClN2O3S/c1-17(14,15)8-3-6(2-7(11)4-8)9-5-10(12)13-16-9/h2-5H,1H3,(H2,12,13). The van der Waals surface area contributed by atoms with E-state index in [9.17, 15) is 8.42 Å². The van der Waals surface area contributed by atoms with Crippen LogP contribution in [-0.4, -0.2) is 19.8 Å². The molecule has 90 valence electrons. The molecule has 0 saturated carbocycles. The third-order valence-corrected chi connectivity index (χ3v) is 3.42. The van der Waals surface area contributed by atoms with Gasteiger partial charge in [-0.3, -0.25) is 0 Å². The first-order chi connectivity index (χ1) is 7.86.